The Morgan fingerprint density at radius 3 is 2.57 bits per heavy atom. The van der Waals surface area contributed by atoms with Crippen LogP contribution >= 0.6 is 11.6 Å². The van der Waals surface area contributed by atoms with E-state index in [4.69, 9.17) is 16.3 Å². The maximum absolute atomic E-state index is 12.3. The average molecular weight is 338 g/mol. The van der Waals surface area contributed by atoms with E-state index >= 15 is 0 Å². The van der Waals surface area contributed by atoms with Gasteiger partial charge in [-0.2, -0.15) is 0 Å². The standard InChI is InChI=1S/C18H24ClNO3/c19-15-5-3-13(4-6-15)18(22)14-7-9-20(10-8-14)17(21)12-16-2-1-11-23-16/h3-6,14,16,18,22H,1-2,7-12H2/t16-,18+/m0/s1. The van der Waals surface area contributed by atoms with Gasteiger partial charge >= 0.3 is 0 Å². The molecule has 2 heterocycles. The highest BCUT2D eigenvalue weighted by Crippen LogP contribution is 2.31. The molecule has 1 aromatic rings. The zero-order chi connectivity index (χ0) is 16.2. The van der Waals surface area contributed by atoms with Crippen molar-refractivity contribution in [2.75, 3.05) is 19.7 Å². The molecule has 4 nitrogen and oxygen atoms in total. The largest absolute Gasteiger partial charge is 0.388 e. The van der Waals surface area contributed by atoms with Crippen molar-refractivity contribution in [2.24, 2.45) is 5.92 Å². The van der Waals surface area contributed by atoms with Crippen LogP contribution in [0.1, 0.15) is 43.8 Å². The summed E-state index contributed by atoms with van der Waals surface area (Å²) in [5.41, 5.74) is 0.901. The predicted molar refractivity (Wildman–Crippen MR) is 89.3 cm³/mol. The number of amides is 1. The minimum atomic E-state index is -0.484. The molecule has 23 heavy (non-hydrogen) atoms. The Labute approximate surface area is 142 Å². The van der Waals surface area contributed by atoms with Crippen molar-refractivity contribution in [1.29, 1.82) is 0 Å². The van der Waals surface area contributed by atoms with E-state index in [1.165, 1.54) is 0 Å². The van der Waals surface area contributed by atoms with Gasteiger partial charge in [-0.25, -0.2) is 0 Å². The fraction of sp³-hybridized carbons (Fsp3) is 0.611. The molecule has 1 amide bonds. The van der Waals surface area contributed by atoms with E-state index in [0.29, 0.717) is 11.4 Å². The van der Waals surface area contributed by atoms with Crippen LogP contribution in [-0.4, -0.2) is 41.7 Å². The molecule has 3 rings (SSSR count). The number of carbonyl (C=O) groups is 1. The van der Waals surface area contributed by atoms with Gasteiger partial charge in [-0.15, -0.1) is 0 Å². The number of hydrogen-bond donors (Lipinski definition) is 1. The van der Waals surface area contributed by atoms with Crippen LogP contribution in [-0.2, 0) is 9.53 Å². The van der Waals surface area contributed by atoms with Crippen molar-refractivity contribution in [3.05, 3.63) is 34.9 Å². The molecule has 0 bridgehead atoms. The van der Waals surface area contributed by atoms with Crippen LogP contribution in [0.2, 0.25) is 5.02 Å². The molecule has 5 heteroatoms. The predicted octanol–water partition coefficient (Wildman–Crippen LogP) is 3.18. The summed E-state index contributed by atoms with van der Waals surface area (Å²) in [7, 11) is 0. The lowest BCUT2D eigenvalue weighted by molar-refractivity contribution is -0.135. The Kier molecular flexibility index (Phi) is 5.57. The van der Waals surface area contributed by atoms with Gasteiger partial charge in [0, 0.05) is 24.7 Å². The number of aliphatic hydroxyl groups excluding tert-OH is 1. The first-order valence-electron chi connectivity index (χ1n) is 8.46. The van der Waals surface area contributed by atoms with Gasteiger partial charge in [-0.3, -0.25) is 4.79 Å². The molecular formula is C18H24ClNO3. The Hall–Kier alpha value is -1.10. The van der Waals surface area contributed by atoms with Crippen LogP contribution in [0.5, 0.6) is 0 Å². The summed E-state index contributed by atoms with van der Waals surface area (Å²) in [4.78, 5) is 14.2. The summed E-state index contributed by atoms with van der Waals surface area (Å²) in [6, 6.07) is 7.37. The first-order chi connectivity index (χ1) is 11.1. The second-order valence-electron chi connectivity index (χ2n) is 6.55. The Bertz CT molecular complexity index is 520. The van der Waals surface area contributed by atoms with Gasteiger partial charge in [-0.1, -0.05) is 23.7 Å². The quantitative estimate of drug-likeness (QED) is 0.918. The maximum Gasteiger partial charge on any atom is 0.225 e. The molecule has 0 radical (unpaired) electrons. The fourth-order valence-electron chi connectivity index (χ4n) is 3.53. The van der Waals surface area contributed by atoms with E-state index in [9.17, 15) is 9.90 Å². The maximum atomic E-state index is 12.3. The summed E-state index contributed by atoms with van der Waals surface area (Å²) < 4.78 is 5.54. The number of halogens is 1. The molecule has 1 N–H and O–H groups in total. The molecule has 2 fully saturated rings. The van der Waals surface area contributed by atoms with Crippen LogP contribution in [0.4, 0.5) is 0 Å². The topological polar surface area (TPSA) is 49.8 Å². The van der Waals surface area contributed by atoms with E-state index < -0.39 is 6.10 Å². The summed E-state index contributed by atoms with van der Waals surface area (Å²) >= 11 is 5.89. The number of benzene rings is 1. The van der Waals surface area contributed by atoms with Gasteiger partial charge < -0.3 is 14.7 Å². The number of piperidine rings is 1. The van der Waals surface area contributed by atoms with Gasteiger partial charge in [0.2, 0.25) is 5.91 Å². The minimum Gasteiger partial charge on any atom is -0.388 e. The number of hydrogen-bond acceptors (Lipinski definition) is 3. The van der Waals surface area contributed by atoms with Crippen molar-refractivity contribution < 1.29 is 14.6 Å². The molecule has 2 aliphatic rings. The van der Waals surface area contributed by atoms with E-state index in [2.05, 4.69) is 0 Å². The summed E-state index contributed by atoms with van der Waals surface area (Å²) in [5.74, 6) is 0.388. The number of carbonyl (C=O) groups excluding carboxylic acids is 1. The van der Waals surface area contributed by atoms with E-state index in [1.807, 2.05) is 17.0 Å². The van der Waals surface area contributed by atoms with Crippen LogP contribution in [0.3, 0.4) is 0 Å². The summed E-state index contributed by atoms with van der Waals surface area (Å²) in [5, 5.41) is 11.2. The van der Waals surface area contributed by atoms with Crippen molar-refractivity contribution in [1.82, 2.24) is 4.90 Å². The number of nitrogens with zero attached hydrogens (tertiary/aromatic N) is 1. The third-order valence-corrected chi connectivity index (χ3v) is 5.23. The molecule has 0 saturated carbocycles. The second-order valence-corrected chi connectivity index (χ2v) is 6.99. The van der Waals surface area contributed by atoms with Gasteiger partial charge in [0.05, 0.1) is 18.6 Å². The van der Waals surface area contributed by atoms with Crippen molar-refractivity contribution >= 4 is 17.5 Å². The minimum absolute atomic E-state index is 0.111. The number of likely N-dealkylation sites (tertiary alicyclic amines) is 1. The van der Waals surface area contributed by atoms with Crippen LogP contribution in [0, 0.1) is 5.92 Å². The Morgan fingerprint density at radius 1 is 1.26 bits per heavy atom. The molecular weight excluding hydrogens is 314 g/mol. The highest BCUT2D eigenvalue weighted by Gasteiger charge is 2.29. The molecule has 0 aromatic heterocycles. The highest BCUT2D eigenvalue weighted by atomic mass is 35.5. The lowest BCUT2D eigenvalue weighted by atomic mass is 9.87. The van der Waals surface area contributed by atoms with Crippen LogP contribution in [0.15, 0.2) is 24.3 Å². The van der Waals surface area contributed by atoms with E-state index in [1.54, 1.807) is 12.1 Å². The lowest BCUT2D eigenvalue weighted by Gasteiger charge is -2.34. The van der Waals surface area contributed by atoms with Crippen molar-refractivity contribution in [3.63, 3.8) is 0 Å². The van der Waals surface area contributed by atoms with E-state index in [0.717, 1.165) is 50.9 Å². The van der Waals surface area contributed by atoms with Gasteiger partial charge in [-0.05, 0) is 49.3 Å². The third-order valence-electron chi connectivity index (χ3n) is 4.98. The summed E-state index contributed by atoms with van der Waals surface area (Å²) in [6.07, 6.45) is 3.86. The fourth-order valence-corrected chi connectivity index (χ4v) is 3.65. The number of ether oxygens (including phenoxy) is 1. The van der Waals surface area contributed by atoms with Crippen molar-refractivity contribution in [2.45, 2.75) is 44.3 Å². The van der Waals surface area contributed by atoms with Gasteiger partial charge in [0.1, 0.15) is 0 Å². The molecule has 0 unspecified atom stereocenters. The average Bonchev–Trinajstić information content (AvgIpc) is 3.08. The summed E-state index contributed by atoms with van der Waals surface area (Å²) in [6.45, 7) is 2.23. The van der Waals surface area contributed by atoms with Gasteiger partial charge in [0.25, 0.3) is 0 Å². The van der Waals surface area contributed by atoms with Crippen molar-refractivity contribution in [3.8, 4) is 0 Å². The molecule has 2 atom stereocenters. The van der Waals surface area contributed by atoms with Crippen LogP contribution in [0.25, 0.3) is 0 Å². The molecule has 2 saturated heterocycles. The SMILES string of the molecule is O=C(C[C@@H]1CCCO1)N1CCC([C@H](O)c2ccc(Cl)cc2)CC1. The zero-order valence-corrected chi connectivity index (χ0v) is 14.0. The van der Waals surface area contributed by atoms with Crippen LogP contribution < -0.4 is 0 Å². The Balaban J connectivity index is 1.49. The van der Waals surface area contributed by atoms with Gasteiger partial charge in [0.15, 0.2) is 0 Å². The first-order valence-corrected chi connectivity index (χ1v) is 8.84. The first kappa shape index (κ1) is 16.7. The zero-order valence-electron chi connectivity index (χ0n) is 13.3. The molecule has 0 spiro atoms. The monoisotopic (exact) mass is 337 g/mol. The third kappa shape index (κ3) is 4.25. The number of rotatable bonds is 4. The lowest BCUT2D eigenvalue weighted by Crippen LogP contribution is -2.40. The Morgan fingerprint density at radius 2 is 1.96 bits per heavy atom. The molecule has 0 aliphatic carbocycles. The van der Waals surface area contributed by atoms with E-state index in [-0.39, 0.29) is 17.9 Å². The normalized spacial score (nSPS) is 23.9. The highest BCUT2D eigenvalue weighted by molar-refractivity contribution is 6.30. The molecule has 2 aliphatic heterocycles. The molecule has 126 valence electrons. The number of aliphatic hydroxyl groups is 1. The second kappa shape index (κ2) is 7.65. The molecule has 1 aromatic carbocycles. The smallest absolute Gasteiger partial charge is 0.225 e.